The molecule has 0 aromatic carbocycles. The monoisotopic (exact) mass is 212 g/mol. The summed E-state index contributed by atoms with van der Waals surface area (Å²) in [6.07, 6.45) is 1.35. The summed E-state index contributed by atoms with van der Waals surface area (Å²) in [6.45, 7) is 6.12. The van der Waals surface area contributed by atoms with Crippen molar-refractivity contribution >= 4 is 5.82 Å². The molecule has 0 bridgehead atoms. The molecule has 0 saturated heterocycles. The van der Waals surface area contributed by atoms with Crippen molar-refractivity contribution < 1.29 is 4.39 Å². The number of aryl methyl sites for hydroxylation is 1. The number of hydrogen-bond acceptors (Lipinski definition) is 4. The number of hydrogen-bond donors (Lipinski definition) is 2. The van der Waals surface area contributed by atoms with Gasteiger partial charge in [-0.15, -0.1) is 0 Å². The molecule has 4 nitrogen and oxygen atoms in total. The van der Waals surface area contributed by atoms with Gasteiger partial charge in [-0.05, 0) is 26.3 Å². The van der Waals surface area contributed by atoms with Crippen LogP contribution in [0, 0.1) is 18.7 Å². The zero-order chi connectivity index (χ0) is 11.4. The zero-order valence-corrected chi connectivity index (χ0v) is 9.29. The summed E-state index contributed by atoms with van der Waals surface area (Å²) in [6, 6.07) is 0.0822. The topological polar surface area (TPSA) is 63.8 Å². The molecule has 15 heavy (non-hydrogen) atoms. The first-order valence-electron chi connectivity index (χ1n) is 5.00. The van der Waals surface area contributed by atoms with E-state index < -0.39 is 5.82 Å². The fraction of sp³-hybridized carbons (Fsp3) is 0.600. The lowest BCUT2D eigenvalue weighted by Crippen LogP contribution is -2.30. The molecule has 0 radical (unpaired) electrons. The van der Waals surface area contributed by atoms with Crippen LogP contribution in [0.25, 0.3) is 0 Å². The number of anilines is 1. The summed E-state index contributed by atoms with van der Waals surface area (Å²) in [4.78, 5) is 7.62. The van der Waals surface area contributed by atoms with Crippen molar-refractivity contribution in [3.63, 3.8) is 0 Å². The van der Waals surface area contributed by atoms with Crippen LogP contribution in [0.1, 0.15) is 19.5 Å². The van der Waals surface area contributed by atoms with E-state index in [4.69, 9.17) is 5.73 Å². The Morgan fingerprint density at radius 2 is 2.13 bits per heavy atom. The third-order valence-corrected chi connectivity index (χ3v) is 2.55. The standard InChI is InChI=1S/C10H17FN4/c1-6(4-12)7(2)15-10-9(11)8(3)13-5-14-10/h5-7H,4,12H2,1-3H3,(H,13,14,15). The van der Waals surface area contributed by atoms with Gasteiger partial charge in [-0.25, -0.2) is 14.4 Å². The van der Waals surface area contributed by atoms with Crippen LogP contribution in [0.4, 0.5) is 10.2 Å². The van der Waals surface area contributed by atoms with Crippen molar-refractivity contribution in [3.8, 4) is 0 Å². The number of rotatable bonds is 4. The van der Waals surface area contributed by atoms with E-state index in [1.165, 1.54) is 6.33 Å². The van der Waals surface area contributed by atoms with Gasteiger partial charge < -0.3 is 11.1 Å². The molecule has 0 fully saturated rings. The summed E-state index contributed by atoms with van der Waals surface area (Å²) >= 11 is 0. The van der Waals surface area contributed by atoms with E-state index in [9.17, 15) is 4.39 Å². The first-order valence-corrected chi connectivity index (χ1v) is 5.00. The van der Waals surface area contributed by atoms with Crippen LogP contribution in [0.15, 0.2) is 6.33 Å². The molecule has 1 rings (SSSR count). The first kappa shape index (κ1) is 11.8. The Kier molecular flexibility index (Phi) is 3.96. The van der Waals surface area contributed by atoms with Crippen LogP contribution < -0.4 is 11.1 Å². The van der Waals surface area contributed by atoms with E-state index in [1.54, 1.807) is 6.92 Å². The third-order valence-electron chi connectivity index (χ3n) is 2.55. The number of nitrogens with two attached hydrogens (primary N) is 1. The Balaban J connectivity index is 2.76. The highest BCUT2D eigenvalue weighted by molar-refractivity contribution is 5.37. The number of halogens is 1. The van der Waals surface area contributed by atoms with Gasteiger partial charge in [0, 0.05) is 6.04 Å². The molecule has 0 aliphatic heterocycles. The van der Waals surface area contributed by atoms with Gasteiger partial charge in [-0.2, -0.15) is 0 Å². The Hall–Kier alpha value is -1.23. The van der Waals surface area contributed by atoms with Gasteiger partial charge in [0.15, 0.2) is 11.6 Å². The normalized spacial score (nSPS) is 14.7. The fourth-order valence-corrected chi connectivity index (χ4v) is 1.12. The molecule has 2 atom stereocenters. The summed E-state index contributed by atoms with van der Waals surface area (Å²) < 4.78 is 13.5. The highest BCUT2D eigenvalue weighted by atomic mass is 19.1. The molecular weight excluding hydrogens is 195 g/mol. The minimum absolute atomic E-state index is 0.0822. The predicted molar refractivity (Wildman–Crippen MR) is 58.0 cm³/mol. The van der Waals surface area contributed by atoms with Crippen LogP contribution >= 0.6 is 0 Å². The molecule has 0 saturated carbocycles. The lowest BCUT2D eigenvalue weighted by molar-refractivity contribution is 0.513. The Labute approximate surface area is 89.1 Å². The van der Waals surface area contributed by atoms with E-state index in [1.807, 2.05) is 13.8 Å². The molecule has 0 amide bonds. The highest BCUT2D eigenvalue weighted by Crippen LogP contribution is 2.14. The molecular formula is C10H17FN4. The van der Waals surface area contributed by atoms with Gasteiger partial charge in [0.2, 0.25) is 0 Å². The number of nitrogens with one attached hydrogen (secondary N) is 1. The first-order chi connectivity index (χ1) is 7.06. The molecule has 1 aromatic rings. The molecule has 3 N–H and O–H groups in total. The molecule has 5 heteroatoms. The van der Waals surface area contributed by atoms with Crippen molar-refractivity contribution in [1.29, 1.82) is 0 Å². The Bertz CT molecular complexity index is 329. The Morgan fingerprint density at radius 1 is 1.47 bits per heavy atom. The predicted octanol–water partition coefficient (Wildman–Crippen LogP) is 1.32. The van der Waals surface area contributed by atoms with Gasteiger partial charge >= 0.3 is 0 Å². The molecule has 0 aliphatic rings. The largest absolute Gasteiger partial charge is 0.365 e. The second kappa shape index (κ2) is 5.02. The number of nitrogens with zero attached hydrogens (tertiary/aromatic N) is 2. The van der Waals surface area contributed by atoms with Crippen molar-refractivity contribution in [2.45, 2.75) is 26.8 Å². The lowest BCUT2D eigenvalue weighted by atomic mass is 10.0. The van der Waals surface area contributed by atoms with E-state index in [0.29, 0.717) is 12.2 Å². The van der Waals surface area contributed by atoms with Crippen molar-refractivity contribution in [1.82, 2.24) is 9.97 Å². The smallest absolute Gasteiger partial charge is 0.186 e. The second-order valence-electron chi connectivity index (χ2n) is 3.77. The maximum Gasteiger partial charge on any atom is 0.186 e. The maximum absolute atomic E-state index is 13.5. The minimum atomic E-state index is -0.395. The molecule has 0 aliphatic carbocycles. The van der Waals surface area contributed by atoms with E-state index >= 15 is 0 Å². The van der Waals surface area contributed by atoms with Crippen LogP contribution in [-0.4, -0.2) is 22.6 Å². The summed E-state index contributed by atoms with van der Waals surface area (Å²) in [5, 5.41) is 3.00. The molecule has 84 valence electrons. The van der Waals surface area contributed by atoms with Crippen LogP contribution in [-0.2, 0) is 0 Å². The minimum Gasteiger partial charge on any atom is -0.365 e. The van der Waals surface area contributed by atoms with Gasteiger partial charge in [0.05, 0.1) is 5.69 Å². The third kappa shape index (κ3) is 2.86. The maximum atomic E-state index is 13.5. The highest BCUT2D eigenvalue weighted by Gasteiger charge is 2.14. The molecule has 1 aromatic heterocycles. The van der Waals surface area contributed by atoms with Gasteiger partial charge in [-0.3, -0.25) is 0 Å². The second-order valence-corrected chi connectivity index (χ2v) is 3.77. The zero-order valence-electron chi connectivity index (χ0n) is 9.29. The van der Waals surface area contributed by atoms with Crippen LogP contribution in [0.5, 0.6) is 0 Å². The average molecular weight is 212 g/mol. The fourth-order valence-electron chi connectivity index (χ4n) is 1.12. The van der Waals surface area contributed by atoms with Crippen LogP contribution in [0.3, 0.4) is 0 Å². The van der Waals surface area contributed by atoms with Crippen molar-refractivity contribution in [3.05, 3.63) is 17.8 Å². The average Bonchev–Trinajstić information content (AvgIpc) is 2.23. The van der Waals surface area contributed by atoms with E-state index in [0.717, 1.165) is 0 Å². The molecule has 2 unspecified atom stereocenters. The van der Waals surface area contributed by atoms with Crippen LogP contribution in [0.2, 0.25) is 0 Å². The van der Waals surface area contributed by atoms with E-state index in [-0.39, 0.29) is 17.8 Å². The number of aromatic nitrogens is 2. The quantitative estimate of drug-likeness (QED) is 0.790. The van der Waals surface area contributed by atoms with Gasteiger partial charge in [-0.1, -0.05) is 6.92 Å². The van der Waals surface area contributed by atoms with Gasteiger partial charge in [0.25, 0.3) is 0 Å². The van der Waals surface area contributed by atoms with Crippen molar-refractivity contribution in [2.24, 2.45) is 11.7 Å². The summed E-state index contributed by atoms with van der Waals surface area (Å²) in [7, 11) is 0. The summed E-state index contributed by atoms with van der Waals surface area (Å²) in [5.74, 6) is 0.114. The Morgan fingerprint density at radius 3 is 2.73 bits per heavy atom. The van der Waals surface area contributed by atoms with Gasteiger partial charge in [0.1, 0.15) is 6.33 Å². The summed E-state index contributed by atoms with van der Waals surface area (Å²) in [5.41, 5.74) is 5.88. The van der Waals surface area contributed by atoms with E-state index in [2.05, 4.69) is 15.3 Å². The lowest BCUT2D eigenvalue weighted by Gasteiger charge is -2.20. The molecule has 1 heterocycles. The SMILES string of the molecule is Cc1ncnc(NC(C)C(C)CN)c1F. The van der Waals surface area contributed by atoms with Crippen molar-refractivity contribution in [2.75, 3.05) is 11.9 Å². The molecule has 0 spiro atoms.